The highest BCUT2D eigenvalue weighted by Gasteiger charge is 2.16. The highest BCUT2D eigenvalue weighted by Crippen LogP contribution is 2.17. The topological polar surface area (TPSA) is 202 Å². The van der Waals surface area contributed by atoms with Crippen LogP contribution in [0.4, 0.5) is 5.69 Å². The van der Waals surface area contributed by atoms with Crippen LogP contribution < -0.4 is 15.4 Å². The van der Waals surface area contributed by atoms with Gasteiger partial charge in [-0.1, -0.05) is 6.92 Å². The smallest absolute Gasteiger partial charge is 0.337 e. The van der Waals surface area contributed by atoms with Crippen LogP contribution in [0.2, 0.25) is 0 Å². The maximum absolute atomic E-state index is 11.7. The minimum atomic E-state index is -0.898. The molecule has 1 rings (SSSR count). The molecule has 0 unspecified atom stereocenters. The Bertz CT molecular complexity index is 926. The molecule has 40 heavy (non-hydrogen) atoms. The molecule has 0 saturated carbocycles. The number of nitrogens with zero attached hydrogens (tertiary/aromatic N) is 1. The van der Waals surface area contributed by atoms with E-state index in [2.05, 4.69) is 10.6 Å². The van der Waals surface area contributed by atoms with E-state index in [9.17, 15) is 29.3 Å². The van der Waals surface area contributed by atoms with Gasteiger partial charge in [-0.2, -0.15) is 0 Å². The summed E-state index contributed by atoms with van der Waals surface area (Å²) in [6.07, 6.45) is 0.916. The van der Waals surface area contributed by atoms with Gasteiger partial charge < -0.3 is 39.4 Å². The number of carboxylic acid groups (broad SMARTS) is 1. The third-order valence-electron chi connectivity index (χ3n) is 5.18. The number of carbonyl (C=O) groups excluding carboxylic acids is 3. The Morgan fingerprint density at radius 3 is 1.95 bits per heavy atom. The maximum Gasteiger partial charge on any atom is 0.337 e. The molecule has 0 aliphatic carbocycles. The van der Waals surface area contributed by atoms with E-state index in [0.717, 1.165) is 0 Å². The SMILES string of the molecule is CC[C@@H](CCC(=O)NCCOCCOCC(=O)NCCOCCOCC(=O)Oc1ccc([N+](=O)[O-])cc1)C(=O)O. The number of ether oxygens (including phenoxy) is 5. The summed E-state index contributed by atoms with van der Waals surface area (Å²) in [5.74, 6) is -2.46. The molecule has 0 radical (unpaired) electrons. The maximum atomic E-state index is 11.7. The van der Waals surface area contributed by atoms with Gasteiger partial charge in [-0.15, -0.1) is 0 Å². The van der Waals surface area contributed by atoms with E-state index in [-0.39, 0.29) is 89.1 Å². The van der Waals surface area contributed by atoms with Crippen molar-refractivity contribution in [3.8, 4) is 5.75 Å². The Morgan fingerprint density at radius 2 is 1.40 bits per heavy atom. The van der Waals surface area contributed by atoms with E-state index in [0.29, 0.717) is 19.4 Å². The summed E-state index contributed by atoms with van der Waals surface area (Å²) in [7, 11) is 0. The number of carboxylic acids is 1. The number of hydrogen-bond donors (Lipinski definition) is 3. The summed E-state index contributed by atoms with van der Waals surface area (Å²) in [6, 6.07) is 5.07. The van der Waals surface area contributed by atoms with Crippen molar-refractivity contribution in [3.05, 3.63) is 34.4 Å². The molecule has 1 atom stereocenters. The second-order valence-electron chi connectivity index (χ2n) is 8.24. The Balaban J connectivity index is 1.90. The fourth-order valence-corrected chi connectivity index (χ4v) is 3.03. The van der Waals surface area contributed by atoms with Crippen molar-refractivity contribution in [2.45, 2.75) is 26.2 Å². The molecule has 0 fully saturated rings. The average Bonchev–Trinajstić information content (AvgIpc) is 2.92. The normalized spacial score (nSPS) is 11.4. The first kappa shape index (κ1) is 34.4. The van der Waals surface area contributed by atoms with Gasteiger partial charge in [0, 0.05) is 31.6 Å². The predicted octanol–water partition coefficient (Wildman–Crippen LogP) is 0.690. The molecule has 0 aliphatic rings. The molecule has 0 aliphatic heterocycles. The van der Waals surface area contributed by atoms with Crippen molar-refractivity contribution >= 4 is 29.4 Å². The number of amides is 2. The van der Waals surface area contributed by atoms with Crippen molar-refractivity contribution in [1.82, 2.24) is 10.6 Å². The fraction of sp³-hybridized carbons (Fsp3) is 0.600. The minimum Gasteiger partial charge on any atom is -0.481 e. The van der Waals surface area contributed by atoms with Crippen molar-refractivity contribution < 1.29 is 52.9 Å². The molecular weight excluding hydrogens is 534 g/mol. The largest absolute Gasteiger partial charge is 0.481 e. The van der Waals surface area contributed by atoms with Crippen LogP contribution in [0.25, 0.3) is 0 Å². The van der Waals surface area contributed by atoms with Gasteiger partial charge in [0.1, 0.15) is 19.0 Å². The van der Waals surface area contributed by atoms with Crippen LogP contribution in [0.5, 0.6) is 5.75 Å². The predicted molar refractivity (Wildman–Crippen MR) is 139 cm³/mol. The van der Waals surface area contributed by atoms with E-state index in [1.54, 1.807) is 6.92 Å². The highest BCUT2D eigenvalue weighted by molar-refractivity contribution is 5.77. The number of hydrogen-bond acceptors (Lipinski definition) is 11. The van der Waals surface area contributed by atoms with Crippen LogP contribution in [0.3, 0.4) is 0 Å². The second kappa shape index (κ2) is 21.2. The summed E-state index contributed by atoms with van der Waals surface area (Å²) in [4.78, 5) is 56.1. The zero-order chi connectivity index (χ0) is 29.6. The lowest BCUT2D eigenvalue weighted by molar-refractivity contribution is -0.384. The van der Waals surface area contributed by atoms with E-state index in [4.69, 9.17) is 28.8 Å². The van der Waals surface area contributed by atoms with Gasteiger partial charge in [-0.3, -0.25) is 24.5 Å². The van der Waals surface area contributed by atoms with Gasteiger partial charge in [0.2, 0.25) is 11.8 Å². The van der Waals surface area contributed by atoms with Crippen LogP contribution in [-0.2, 0) is 38.1 Å². The van der Waals surface area contributed by atoms with Gasteiger partial charge in [-0.05, 0) is 25.0 Å². The number of non-ortho nitro benzene ring substituents is 1. The molecule has 0 heterocycles. The summed E-state index contributed by atoms with van der Waals surface area (Å²) in [5, 5.41) is 24.8. The molecule has 224 valence electrons. The van der Waals surface area contributed by atoms with Gasteiger partial charge in [-0.25, -0.2) is 4.79 Å². The summed E-state index contributed by atoms with van der Waals surface area (Å²) < 4.78 is 25.9. The van der Waals surface area contributed by atoms with E-state index in [1.165, 1.54) is 24.3 Å². The molecule has 1 aromatic carbocycles. The van der Waals surface area contributed by atoms with Gasteiger partial charge in [0.25, 0.3) is 5.69 Å². The van der Waals surface area contributed by atoms with Crippen LogP contribution in [-0.4, -0.2) is 99.7 Å². The number of aliphatic carboxylic acids is 1. The molecule has 0 aromatic heterocycles. The van der Waals surface area contributed by atoms with Crippen LogP contribution in [0, 0.1) is 16.0 Å². The first-order chi connectivity index (χ1) is 19.2. The van der Waals surface area contributed by atoms with Gasteiger partial charge in [0.05, 0.1) is 50.5 Å². The molecule has 0 bridgehead atoms. The number of benzene rings is 1. The molecule has 2 amide bonds. The fourth-order valence-electron chi connectivity index (χ4n) is 3.03. The standard InChI is InChI=1S/C25H37N3O12/c1-2-19(25(32)33)3-8-22(29)26-9-11-36-13-15-38-17-23(30)27-10-12-37-14-16-39-18-24(31)40-21-6-4-20(5-7-21)28(34)35/h4-7,19H,2-3,8-18H2,1H3,(H,26,29)(H,27,30)(H,32,33)/t19-/m0/s1. The van der Waals surface area contributed by atoms with Crippen molar-refractivity contribution in [3.63, 3.8) is 0 Å². The third-order valence-corrected chi connectivity index (χ3v) is 5.18. The number of carbonyl (C=O) groups is 4. The van der Waals surface area contributed by atoms with Crippen molar-refractivity contribution in [2.24, 2.45) is 5.92 Å². The minimum absolute atomic E-state index is 0.114. The Hall–Kier alpha value is -3.66. The number of rotatable bonds is 23. The molecule has 3 N–H and O–H groups in total. The van der Waals surface area contributed by atoms with Gasteiger partial charge in [0.15, 0.2) is 0 Å². The molecule has 15 nitrogen and oxygen atoms in total. The lowest BCUT2D eigenvalue weighted by Crippen LogP contribution is -2.31. The Labute approximate surface area is 231 Å². The quantitative estimate of drug-likeness (QED) is 0.0546. The molecular formula is C25H37N3O12. The number of nitro benzene ring substituents is 1. The Kier molecular flexibility index (Phi) is 18.2. The number of nitro groups is 1. The van der Waals surface area contributed by atoms with Crippen molar-refractivity contribution in [2.75, 3.05) is 65.9 Å². The summed E-state index contributed by atoms with van der Waals surface area (Å²) >= 11 is 0. The zero-order valence-electron chi connectivity index (χ0n) is 22.5. The van der Waals surface area contributed by atoms with E-state index in [1.807, 2.05) is 0 Å². The molecule has 15 heteroatoms. The molecule has 0 spiro atoms. The van der Waals surface area contributed by atoms with Crippen LogP contribution >= 0.6 is 0 Å². The molecule has 0 saturated heterocycles. The molecule has 1 aromatic rings. The van der Waals surface area contributed by atoms with E-state index >= 15 is 0 Å². The summed E-state index contributed by atoms with van der Waals surface area (Å²) in [6.45, 7) is 3.09. The summed E-state index contributed by atoms with van der Waals surface area (Å²) in [5.41, 5.74) is -0.114. The van der Waals surface area contributed by atoms with E-state index < -0.39 is 22.8 Å². The lowest BCUT2D eigenvalue weighted by atomic mass is 10.0. The number of esters is 1. The first-order valence-corrected chi connectivity index (χ1v) is 12.7. The highest BCUT2D eigenvalue weighted by atomic mass is 16.6. The lowest BCUT2D eigenvalue weighted by Gasteiger charge is -2.10. The van der Waals surface area contributed by atoms with Crippen LogP contribution in [0.15, 0.2) is 24.3 Å². The monoisotopic (exact) mass is 571 g/mol. The third kappa shape index (κ3) is 17.0. The Morgan fingerprint density at radius 1 is 0.850 bits per heavy atom. The van der Waals surface area contributed by atoms with Gasteiger partial charge >= 0.3 is 11.9 Å². The second-order valence-corrected chi connectivity index (χ2v) is 8.24. The first-order valence-electron chi connectivity index (χ1n) is 12.7. The average molecular weight is 572 g/mol. The van der Waals surface area contributed by atoms with Crippen LogP contribution in [0.1, 0.15) is 26.2 Å². The number of nitrogens with one attached hydrogen (secondary N) is 2. The van der Waals surface area contributed by atoms with Crippen molar-refractivity contribution in [1.29, 1.82) is 0 Å². The zero-order valence-corrected chi connectivity index (χ0v) is 22.5.